The Morgan fingerprint density at radius 1 is 1.00 bits per heavy atom. The van der Waals surface area contributed by atoms with Crippen LogP contribution in [-0.2, 0) is 14.8 Å². The maximum absolute atomic E-state index is 12.6. The average Bonchev–Trinajstić information content (AvgIpc) is 2.59. The molecule has 0 bridgehead atoms. The molecule has 0 aliphatic carbocycles. The van der Waals surface area contributed by atoms with Crippen LogP contribution < -0.4 is 5.32 Å². The van der Waals surface area contributed by atoms with E-state index in [0.717, 1.165) is 14.8 Å². The fourth-order valence-corrected chi connectivity index (χ4v) is 4.28. The van der Waals surface area contributed by atoms with Gasteiger partial charge in [0.1, 0.15) is 0 Å². The van der Waals surface area contributed by atoms with Gasteiger partial charge < -0.3 is 5.32 Å². The van der Waals surface area contributed by atoms with Gasteiger partial charge in [-0.15, -0.1) is 11.8 Å². The van der Waals surface area contributed by atoms with Crippen molar-refractivity contribution in [3.63, 3.8) is 0 Å². The molecule has 0 heterocycles. The number of nitrogens with one attached hydrogen (secondary N) is 1. The lowest BCUT2D eigenvalue weighted by molar-refractivity contribution is -0.115. The first-order valence-electron chi connectivity index (χ1n) is 8.60. The largest absolute Gasteiger partial charge is 0.325 e. The highest BCUT2D eigenvalue weighted by molar-refractivity contribution is 8.00. The van der Waals surface area contributed by atoms with Crippen molar-refractivity contribution in [1.82, 2.24) is 4.31 Å². The van der Waals surface area contributed by atoms with Crippen LogP contribution >= 0.6 is 11.8 Å². The SMILES string of the molecule is Cc1ccc(S[C@H](C)C(=O)Nc2cc(S(=O)(=O)N(C)C)ccc2C)cc1C. The minimum absolute atomic E-state index is 0.155. The Balaban J connectivity index is 2.18. The highest BCUT2D eigenvalue weighted by atomic mass is 32.2. The molecule has 0 spiro atoms. The number of nitrogens with zero attached hydrogens (tertiary/aromatic N) is 1. The van der Waals surface area contributed by atoms with E-state index in [9.17, 15) is 13.2 Å². The number of aryl methyl sites for hydroxylation is 3. The van der Waals surface area contributed by atoms with Crippen LogP contribution in [0.1, 0.15) is 23.6 Å². The molecule has 146 valence electrons. The summed E-state index contributed by atoms with van der Waals surface area (Å²) in [6, 6.07) is 10.9. The first-order valence-corrected chi connectivity index (χ1v) is 10.9. The summed E-state index contributed by atoms with van der Waals surface area (Å²) in [5.74, 6) is -0.166. The fourth-order valence-electron chi connectivity index (χ4n) is 2.39. The normalized spacial score (nSPS) is 12.9. The zero-order valence-electron chi connectivity index (χ0n) is 16.5. The van der Waals surface area contributed by atoms with E-state index >= 15 is 0 Å². The zero-order chi connectivity index (χ0) is 20.4. The lowest BCUT2D eigenvalue weighted by atomic mass is 10.1. The third kappa shape index (κ3) is 5.12. The molecule has 2 aromatic carbocycles. The van der Waals surface area contributed by atoms with Crippen molar-refractivity contribution in [2.75, 3.05) is 19.4 Å². The van der Waals surface area contributed by atoms with Crippen molar-refractivity contribution in [2.45, 2.75) is 42.7 Å². The van der Waals surface area contributed by atoms with Crippen molar-refractivity contribution in [3.8, 4) is 0 Å². The Morgan fingerprint density at radius 3 is 2.22 bits per heavy atom. The van der Waals surface area contributed by atoms with Gasteiger partial charge in [0.2, 0.25) is 15.9 Å². The summed E-state index contributed by atoms with van der Waals surface area (Å²) in [5.41, 5.74) is 3.72. The molecule has 0 radical (unpaired) electrons. The summed E-state index contributed by atoms with van der Waals surface area (Å²) in [5, 5.41) is 2.55. The van der Waals surface area contributed by atoms with Crippen molar-refractivity contribution >= 4 is 33.4 Å². The van der Waals surface area contributed by atoms with E-state index in [1.54, 1.807) is 12.1 Å². The standard InChI is InChI=1S/C20H26N2O3S2/c1-13-7-9-17(11-15(13)3)26-16(4)20(23)21-19-12-18(10-8-14(19)2)27(24,25)22(5)6/h7-12,16H,1-6H3,(H,21,23)/t16-/m1/s1. The Morgan fingerprint density at radius 2 is 1.63 bits per heavy atom. The number of rotatable bonds is 6. The molecule has 0 aliphatic rings. The third-order valence-electron chi connectivity index (χ3n) is 4.41. The number of amides is 1. The monoisotopic (exact) mass is 406 g/mol. The maximum Gasteiger partial charge on any atom is 0.242 e. The molecule has 0 aliphatic heterocycles. The summed E-state index contributed by atoms with van der Waals surface area (Å²) in [6.45, 7) is 7.77. The number of benzene rings is 2. The Labute approximate surface area is 166 Å². The second-order valence-corrected chi connectivity index (χ2v) is 10.3. The lowest BCUT2D eigenvalue weighted by Gasteiger charge is -2.16. The Kier molecular flexibility index (Phi) is 6.72. The minimum atomic E-state index is -3.55. The van der Waals surface area contributed by atoms with Gasteiger partial charge in [-0.05, 0) is 68.7 Å². The minimum Gasteiger partial charge on any atom is -0.325 e. The van der Waals surface area contributed by atoms with E-state index in [1.165, 1.54) is 43.1 Å². The van der Waals surface area contributed by atoms with E-state index in [0.29, 0.717) is 5.69 Å². The summed E-state index contributed by atoms with van der Waals surface area (Å²) in [4.78, 5) is 13.8. The highest BCUT2D eigenvalue weighted by Crippen LogP contribution is 2.27. The van der Waals surface area contributed by atoms with Crippen LogP contribution in [0.2, 0.25) is 0 Å². The highest BCUT2D eigenvalue weighted by Gasteiger charge is 2.20. The summed E-state index contributed by atoms with van der Waals surface area (Å²) >= 11 is 1.48. The molecule has 2 rings (SSSR count). The molecular formula is C20H26N2O3S2. The first-order chi connectivity index (χ1) is 12.5. The van der Waals surface area contributed by atoms with Gasteiger partial charge in [-0.3, -0.25) is 4.79 Å². The van der Waals surface area contributed by atoms with Crippen LogP contribution in [-0.4, -0.2) is 38.0 Å². The molecule has 0 fully saturated rings. The van der Waals surface area contributed by atoms with E-state index in [1.807, 2.05) is 32.9 Å². The van der Waals surface area contributed by atoms with Crippen LogP contribution in [0.5, 0.6) is 0 Å². The van der Waals surface area contributed by atoms with Gasteiger partial charge >= 0.3 is 0 Å². The molecule has 1 N–H and O–H groups in total. The lowest BCUT2D eigenvalue weighted by Crippen LogP contribution is -2.24. The summed E-state index contributed by atoms with van der Waals surface area (Å²) < 4.78 is 25.8. The number of sulfonamides is 1. The van der Waals surface area contributed by atoms with Crippen molar-refractivity contribution in [1.29, 1.82) is 0 Å². The molecular weight excluding hydrogens is 380 g/mol. The van der Waals surface area contributed by atoms with Crippen molar-refractivity contribution in [2.24, 2.45) is 0 Å². The molecule has 0 saturated carbocycles. The van der Waals surface area contributed by atoms with Crippen LogP contribution in [0.3, 0.4) is 0 Å². The third-order valence-corrected chi connectivity index (χ3v) is 7.31. The molecule has 0 saturated heterocycles. The Bertz CT molecular complexity index is 954. The van der Waals surface area contributed by atoms with Crippen LogP contribution in [0, 0.1) is 20.8 Å². The van der Waals surface area contributed by atoms with Crippen LogP contribution in [0.15, 0.2) is 46.2 Å². The molecule has 1 atom stereocenters. The van der Waals surface area contributed by atoms with E-state index in [4.69, 9.17) is 0 Å². The molecule has 27 heavy (non-hydrogen) atoms. The number of hydrogen-bond donors (Lipinski definition) is 1. The first kappa shape index (κ1) is 21.5. The van der Waals surface area contributed by atoms with E-state index in [-0.39, 0.29) is 16.1 Å². The van der Waals surface area contributed by atoms with E-state index < -0.39 is 10.0 Å². The predicted octanol–water partition coefficient (Wildman–Crippen LogP) is 3.98. The van der Waals surface area contributed by atoms with Gasteiger partial charge in [-0.2, -0.15) is 0 Å². The predicted molar refractivity (Wildman–Crippen MR) is 112 cm³/mol. The van der Waals surface area contributed by atoms with Gasteiger partial charge in [0.05, 0.1) is 10.1 Å². The second kappa shape index (κ2) is 8.46. The van der Waals surface area contributed by atoms with Crippen molar-refractivity contribution < 1.29 is 13.2 Å². The van der Waals surface area contributed by atoms with E-state index in [2.05, 4.69) is 18.3 Å². The smallest absolute Gasteiger partial charge is 0.242 e. The molecule has 7 heteroatoms. The molecule has 5 nitrogen and oxygen atoms in total. The molecule has 2 aromatic rings. The average molecular weight is 407 g/mol. The molecule has 0 unspecified atom stereocenters. The van der Waals surface area contributed by atoms with Gasteiger partial charge in [0.25, 0.3) is 0 Å². The van der Waals surface area contributed by atoms with Gasteiger partial charge in [0, 0.05) is 24.7 Å². The second-order valence-electron chi connectivity index (χ2n) is 6.76. The summed E-state index contributed by atoms with van der Waals surface area (Å²) in [6.07, 6.45) is 0. The van der Waals surface area contributed by atoms with Gasteiger partial charge in [-0.1, -0.05) is 12.1 Å². The number of hydrogen-bond acceptors (Lipinski definition) is 4. The summed E-state index contributed by atoms with van der Waals surface area (Å²) in [7, 11) is -0.589. The number of thioether (sulfide) groups is 1. The molecule has 1 amide bonds. The number of anilines is 1. The van der Waals surface area contributed by atoms with Gasteiger partial charge in [-0.25, -0.2) is 12.7 Å². The van der Waals surface area contributed by atoms with Gasteiger partial charge in [0.15, 0.2) is 0 Å². The van der Waals surface area contributed by atoms with Crippen LogP contribution in [0.4, 0.5) is 5.69 Å². The topological polar surface area (TPSA) is 66.5 Å². The van der Waals surface area contributed by atoms with Crippen molar-refractivity contribution in [3.05, 3.63) is 53.1 Å². The zero-order valence-corrected chi connectivity index (χ0v) is 18.2. The maximum atomic E-state index is 12.6. The number of carbonyl (C=O) groups excluding carboxylic acids is 1. The molecule has 0 aromatic heterocycles. The quantitative estimate of drug-likeness (QED) is 0.737. The van der Waals surface area contributed by atoms with Crippen LogP contribution in [0.25, 0.3) is 0 Å². The Hall–Kier alpha value is -1.83. The fraction of sp³-hybridized carbons (Fsp3) is 0.350. The number of carbonyl (C=O) groups is 1.